The molecule has 23 heavy (non-hydrogen) atoms. The summed E-state index contributed by atoms with van der Waals surface area (Å²) in [5.74, 6) is 1.71. The Kier molecular flexibility index (Phi) is 10.7. The molecule has 130 valence electrons. The first-order valence-corrected chi connectivity index (χ1v) is 8.45. The Balaban J connectivity index is 2.26. The number of benzene rings is 1. The minimum atomic E-state index is 0.572. The second-order valence-corrected chi connectivity index (χ2v) is 5.40. The fraction of sp³-hybridized carbons (Fsp3) is 0.611. The van der Waals surface area contributed by atoms with Crippen LogP contribution in [-0.2, 0) is 11.3 Å². The summed E-state index contributed by atoms with van der Waals surface area (Å²) < 4.78 is 10.5. The average Bonchev–Trinajstić information content (AvgIpc) is 2.59. The van der Waals surface area contributed by atoms with Crippen molar-refractivity contribution in [3.63, 3.8) is 0 Å². The molecule has 0 bridgehead atoms. The monoisotopic (exact) mass is 321 g/mol. The summed E-state index contributed by atoms with van der Waals surface area (Å²) >= 11 is 0. The van der Waals surface area contributed by atoms with Gasteiger partial charge in [-0.15, -0.1) is 0 Å². The molecule has 0 radical (unpaired) electrons. The lowest BCUT2D eigenvalue weighted by Crippen LogP contribution is -2.37. The van der Waals surface area contributed by atoms with Crippen LogP contribution in [-0.4, -0.2) is 39.9 Å². The zero-order valence-electron chi connectivity index (χ0n) is 14.7. The molecule has 0 saturated carbocycles. The molecule has 0 aliphatic heterocycles. The van der Waals surface area contributed by atoms with Crippen molar-refractivity contribution in [2.45, 2.75) is 39.2 Å². The maximum absolute atomic E-state index is 5.55. The van der Waals surface area contributed by atoms with Gasteiger partial charge in [0.2, 0.25) is 0 Å². The standard InChI is InChI=1S/C18H31N3O2/c1-4-5-6-7-12-20-18(19-2)21-15-16-8-10-17(11-9-16)23-14-13-22-3/h8-11H,4-7,12-15H2,1-3H3,(H2,19,20,21). The SMILES string of the molecule is CCCCCCNC(=NC)NCc1ccc(OCCOC)cc1. The van der Waals surface area contributed by atoms with Crippen molar-refractivity contribution >= 4 is 5.96 Å². The smallest absolute Gasteiger partial charge is 0.191 e. The molecule has 0 unspecified atom stereocenters. The van der Waals surface area contributed by atoms with Crippen LogP contribution < -0.4 is 15.4 Å². The lowest BCUT2D eigenvalue weighted by molar-refractivity contribution is 0.146. The molecule has 5 nitrogen and oxygen atoms in total. The van der Waals surface area contributed by atoms with E-state index < -0.39 is 0 Å². The molecule has 0 heterocycles. The summed E-state index contributed by atoms with van der Waals surface area (Å²) in [4.78, 5) is 4.24. The summed E-state index contributed by atoms with van der Waals surface area (Å²) in [6, 6.07) is 8.08. The molecule has 2 N–H and O–H groups in total. The Morgan fingerprint density at radius 2 is 1.83 bits per heavy atom. The van der Waals surface area contributed by atoms with E-state index in [0.29, 0.717) is 13.2 Å². The van der Waals surface area contributed by atoms with Gasteiger partial charge in [0.15, 0.2) is 5.96 Å². The van der Waals surface area contributed by atoms with Crippen molar-refractivity contribution in [1.82, 2.24) is 10.6 Å². The van der Waals surface area contributed by atoms with E-state index in [0.717, 1.165) is 24.8 Å². The van der Waals surface area contributed by atoms with Crippen LogP contribution in [0, 0.1) is 0 Å². The Morgan fingerprint density at radius 3 is 2.48 bits per heavy atom. The molecule has 1 rings (SSSR count). The van der Waals surface area contributed by atoms with Gasteiger partial charge in [-0.25, -0.2) is 0 Å². The molecule has 0 fully saturated rings. The van der Waals surface area contributed by atoms with Crippen molar-refractivity contribution in [3.05, 3.63) is 29.8 Å². The number of unbranched alkanes of at least 4 members (excludes halogenated alkanes) is 3. The van der Waals surface area contributed by atoms with Crippen LogP contribution in [0.5, 0.6) is 5.75 Å². The summed E-state index contributed by atoms with van der Waals surface area (Å²) in [6.07, 6.45) is 5.01. The van der Waals surface area contributed by atoms with Crippen LogP contribution >= 0.6 is 0 Å². The third-order valence-corrected chi connectivity index (χ3v) is 3.49. The van der Waals surface area contributed by atoms with Crippen molar-refractivity contribution in [1.29, 1.82) is 0 Å². The van der Waals surface area contributed by atoms with Crippen LogP contribution in [0.3, 0.4) is 0 Å². The quantitative estimate of drug-likeness (QED) is 0.374. The van der Waals surface area contributed by atoms with Gasteiger partial charge >= 0.3 is 0 Å². The molecule has 0 aromatic heterocycles. The van der Waals surface area contributed by atoms with Gasteiger partial charge in [0.05, 0.1) is 6.61 Å². The van der Waals surface area contributed by atoms with Gasteiger partial charge in [-0.1, -0.05) is 38.3 Å². The third-order valence-electron chi connectivity index (χ3n) is 3.49. The molecule has 0 atom stereocenters. The van der Waals surface area contributed by atoms with E-state index in [1.54, 1.807) is 14.2 Å². The van der Waals surface area contributed by atoms with Crippen molar-refractivity contribution in [2.75, 3.05) is 33.9 Å². The van der Waals surface area contributed by atoms with Crippen molar-refractivity contribution in [2.24, 2.45) is 4.99 Å². The number of ether oxygens (including phenoxy) is 2. The van der Waals surface area contributed by atoms with Crippen LogP contribution in [0.4, 0.5) is 0 Å². The summed E-state index contributed by atoms with van der Waals surface area (Å²) in [5, 5.41) is 6.67. The molecule has 0 amide bonds. The Morgan fingerprint density at radius 1 is 1.04 bits per heavy atom. The van der Waals surface area contributed by atoms with E-state index in [9.17, 15) is 0 Å². The molecule has 0 aliphatic rings. The average molecular weight is 321 g/mol. The van der Waals surface area contributed by atoms with E-state index >= 15 is 0 Å². The van der Waals surface area contributed by atoms with E-state index in [4.69, 9.17) is 9.47 Å². The number of rotatable bonds is 11. The molecule has 0 saturated heterocycles. The predicted octanol–water partition coefficient (Wildman–Crippen LogP) is 2.96. The highest BCUT2D eigenvalue weighted by Gasteiger charge is 1.99. The molecular formula is C18H31N3O2. The third kappa shape index (κ3) is 9.08. The van der Waals surface area contributed by atoms with Gasteiger partial charge in [-0.3, -0.25) is 4.99 Å². The maximum Gasteiger partial charge on any atom is 0.191 e. The first-order chi connectivity index (χ1) is 11.3. The molecule has 1 aromatic rings. The second kappa shape index (κ2) is 12.8. The summed E-state index contributed by atoms with van der Waals surface area (Å²) in [6.45, 7) is 5.10. The maximum atomic E-state index is 5.55. The second-order valence-electron chi connectivity index (χ2n) is 5.40. The van der Waals surface area contributed by atoms with E-state index in [2.05, 4.69) is 34.7 Å². The van der Waals surface area contributed by atoms with E-state index in [1.807, 2.05) is 12.1 Å². The molecule has 1 aromatic carbocycles. The van der Waals surface area contributed by atoms with Crippen LogP contribution in [0.15, 0.2) is 29.3 Å². The minimum absolute atomic E-state index is 0.572. The number of hydrogen-bond donors (Lipinski definition) is 2. The zero-order valence-corrected chi connectivity index (χ0v) is 14.7. The topological polar surface area (TPSA) is 54.9 Å². The van der Waals surface area contributed by atoms with Gasteiger partial charge in [0.25, 0.3) is 0 Å². The normalized spacial score (nSPS) is 11.3. The number of nitrogens with one attached hydrogen (secondary N) is 2. The van der Waals surface area contributed by atoms with Gasteiger partial charge < -0.3 is 20.1 Å². The van der Waals surface area contributed by atoms with E-state index in [-0.39, 0.29) is 0 Å². The number of aliphatic imine (C=N–C) groups is 1. The largest absolute Gasteiger partial charge is 0.491 e. The Bertz CT molecular complexity index is 432. The van der Waals surface area contributed by atoms with Crippen LogP contribution in [0.2, 0.25) is 0 Å². The lowest BCUT2D eigenvalue weighted by atomic mass is 10.2. The molecule has 0 aliphatic carbocycles. The lowest BCUT2D eigenvalue weighted by Gasteiger charge is -2.12. The zero-order chi connectivity index (χ0) is 16.8. The Hall–Kier alpha value is -1.75. The first-order valence-electron chi connectivity index (χ1n) is 8.45. The Labute approximate surface area is 140 Å². The molecule has 5 heteroatoms. The minimum Gasteiger partial charge on any atom is -0.491 e. The molecule has 0 spiro atoms. The number of guanidine groups is 1. The van der Waals surface area contributed by atoms with Crippen molar-refractivity contribution < 1.29 is 9.47 Å². The number of methoxy groups -OCH3 is 1. The van der Waals surface area contributed by atoms with Gasteiger partial charge in [0.1, 0.15) is 12.4 Å². The van der Waals surface area contributed by atoms with Crippen molar-refractivity contribution in [3.8, 4) is 5.75 Å². The fourth-order valence-electron chi connectivity index (χ4n) is 2.11. The molecular weight excluding hydrogens is 290 g/mol. The fourth-order valence-corrected chi connectivity index (χ4v) is 2.11. The number of hydrogen-bond acceptors (Lipinski definition) is 3. The number of nitrogens with zero attached hydrogens (tertiary/aromatic N) is 1. The van der Waals surface area contributed by atoms with Gasteiger partial charge in [-0.05, 0) is 24.1 Å². The van der Waals surface area contributed by atoms with Crippen LogP contribution in [0.25, 0.3) is 0 Å². The first kappa shape index (κ1) is 19.3. The highest BCUT2D eigenvalue weighted by molar-refractivity contribution is 5.79. The highest BCUT2D eigenvalue weighted by Crippen LogP contribution is 2.11. The summed E-state index contributed by atoms with van der Waals surface area (Å²) in [5.41, 5.74) is 1.19. The summed E-state index contributed by atoms with van der Waals surface area (Å²) in [7, 11) is 3.47. The predicted molar refractivity (Wildman–Crippen MR) is 96.2 cm³/mol. The van der Waals surface area contributed by atoms with E-state index in [1.165, 1.54) is 31.2 Å². The van der Waals surface area contributed by atoms with Gasteiger partial charge in [0, 0.05) is 27.2 Å². The highest BCUT2D eigenvalue weighted by atomic mass is 16.5. The van der Waals surface area contributed by atoms with Gasteiger partial charge in [-0.2, -0.15) is 0 Å². The van der Waals surface area contributed by atoms with Crippen LogP contribution in [0.1, 0.15) is 38.2 Å².